The number of carbonyl (C=O) groups is 1. The van der Waals surface area contributed by atoms with Gasteiger partial charge in [0.25, 0.3) is 5.91 Å². The van der Waals surface area contributed by atoms with Crippen LogP contribution in [0.15, 0.2) is 47.4 Å². The van der Waals surface area contributed by atoms with Crippen LogP contribution in [0.3, 0.4) is 0 Å². The van der Waals surface area contributed by atoms with Gasteiger partial charge >= 0.3 is 6.18 Å². The number of sulfonamides is 1. The first kappa shape index (κ1) is 23.1. The molecular formula is C21H23F3N2O4S. The van der Waals surface area contributed by atoms with Gasteiger partial charge in [0.2, 0.25) is 10.0 Å². The summed E-state index contributed by atoms with van der Waals surface area (Å²) in [5.41, 5.74) is -0.984. The molecule has 0 heterocycles. The molecule has 1 aliphatic rings. The molecule has 0 radical (unpaired) electrons. The Hall–Kier alpha value is -2.59. The van der Waals surface area contributed by atoms with Crippen LogP contribution in [-0.2, 0) is 16.2 Å². The molecule has 3 rings (SSSR count). The van der Waals surface area contributed by atoms with Crippen molar-refractivity contribution in [2.24, 2.45) is 0 Å². The number of rotatable bonds is 6. The van der Waals surface area contributed by atoms with E-state index in [9.17, 15) is 26.4 Å². The summed E-state index contributed by atoms with van der Waals surface area (Å²) < 4.78 is 72.3. The minimum absolute atomic E-state index is 0.0257. The largest absolute Gasteiger partial charge is 0.495 e. The van der Waals surface area contributed by atoms with Gasteiger partial charge in [-0.3, -0.25) is 4.79 Å². The van der Waals surface area contributed by atoms with Gasteiger partial charge in [0, 0.05) is 17.3 Å². The van der Waals surface area contributed by atoms with E-state index >= 15 is 0 Å². The van der Waals surface area contributed by atoms with Gasteiger partial charge < -0.3 is 10.1 Å². The highest BCUT2D eigenvalue weighted by Crippen LogP contribution is 2.31. The van der Waals surface area contributed by atoms with Gasteiger partial charge in [-0.15, -0.1) is 0 Å². The van der Waals surface area contributed by atoms with Gasteiger partial charge in [0.1, 0.15) is 10.6 Å². The van der Waals surface area contributed by atoms with Gasteiger partial charge in [-0.2, -0.15) is 13.2 Å². The van der Waals surface area contributed by atoms with Gasteiger partial charge in [0.05, 0.1) is 12.7 Å². The van der Waals surface area contributed by atoms with Crippen LogP contribution in [0.2, 0.25) is 0 Å². The van der Waals surface area contributed by atoms with Crippen molar-refractivity contribution in [3.05, 3.63) is 53.6 Å². The first-order chi connectivity index (χ1) is 14.6. The molecule has 168 valence electrons. The smallest absolute Gasteiger partial charge is 0.416 e. The molecular weight excluding hydrogens is 433 g/mol. The zero-order valence-electron chi connectivity index (χ0n) is 16.8. The maximum atomic E-state index is 12.9. The normalized spacial score (nSPS) is 15.5. The SMILES string of the molecule is COc1ccc(C(=O)Nc2cccc(C(F)(F)F)c2)cc1S(=O)(=O)NC1CCCCC1. The van der Waals surface area contributed by atoms with Crippen LogP contribution in [0.1, 0.15) is 48.0 Å². The molecule has 1 fully saturated rings. The van der Waals surface area contributed by atoms with Crippen LogP contribution in [-0.4, -0.2) is 27.5 Å². The molecule has 6 nitrogen and oxygen atoms in total. The molecule has 0 bridgehead atoms. The number of carbonyl (C=O) groups excluding carboxylic acids is 1. The van der Waals surface area contributed by atoms with Gasteiger partial charge in [-0.25, -0.2) is 13.1 Å². The third kappa shape index (κ3) is 5.76. The first-order valence-electron chi connectivity index (χ1n) is 9.79. The molecule has 2 aromatic rings. The lowest BCUT2D eigenvalue weighted by atomic mass is 9.96. The van der Waals surface area contributed by atoms with E-state index in [1.807, 2.05) is 0 Å². The summed E-state index contributed by atoms with van der Waals surface area (Å²) in [4.78, 5) is 12.4. The topological polar surface area (TPSA) is 84.5 Å². The summed E-state index contributed by atoms with van der Waals surface area (Å²) in [6.07, 6.45) is -0.151. The average Bonchev–Trinajstić information content (AvgIpc) is 2.73. The molecule has 0 saturated heterocycles. The van der Waals surface area contributed by atoms with Crippen molar-refractivity contribution in [1.29, 1.82) is 0 Å². The van der Waals surface area contributed by atoms with Crippen molar-refractivity contribution in [3.63, 3.8) is 0 Å². The van der Waals surface area contributed by atoms with Crippen LogP contribution < -0.4 is 14.8 Å². The fourth-order valence-corrected chi connectivity index (χ4v) is 5.01. The predicted octanol–water partition coefficient (Wildman–Crippen LogP) is 4.58. The van der Waals surface area contributed by atoms with Crippen LogP contribution in [0, 0.1) is 0 Å². The number of ether oxygens (including phenoxy) is 1. The van der Waals surface area contributed by atoms with Crippen molar-refractivity contribution < 1.29 is 31.1 Å². The van der Waals surface area contributed by atoms with Gasteiger partial charge in [0.15, 0.2) is 0 Å². The maximum absolute atomic E-state index is 12.9. The summed E-state index contributed by atoms with van der Waals surface area (Å²) in [6, 6.07) is 7.86. The Kier molecular flexibility index (Phi) is 6.90. The van der Waals surface area contributed by atoms with Crippen LogP contribution in [0.25, 0.3) is 0 Å². The highest BCUT2D eigenvalue weighted by atomic mass is 32.2. The Labute approximate surface area is 178 Å². The lowest BCUT2D eigenvalue weighted by Gasteiger charge is -2.23. The lowest BCUT2D eigenvalue weighted by molar-refractivity contribution is -0.137. The molecule has 1 saturated carbocycles. The lowest BCUT2D eigenvalue weighted by Crippen LogP contribution is -2.36. The summed E-state index contributed by atoms with van der Waals surface area (Å²) in [5, 5.41) is 2.37. The number of halogens is 3. The number of hydrogen-bond acceptors (Lipinski definition) is 4. The Balaban J connectivity index is 1.85. The van der Waals surface area contributed by atoms with Gasteiger partial charge in [-0.05, 0) is 49.2 Å². The van der Waals surface area contributed by atoms with Crippen LogP contribution >= 0.6 is 0 Å². The molecule has 2 aromatic carbocycles. The summed E-state index contributed by atoms with van der Waals surface area (Å²) >= 11 is 0. The molecule has 31 heavy (non-hydrogen) atoms. The average molecular weight is 456 g/mol. The molecule has 1 amide bonds. The van der Waals surface area contributed by atoms with Crippen molar-refractivity contribution in [2.45, 2.75) is 49.2 Å². The van der Waals surface area contributed by atoms with E-state index < -0.39 is 27.7 Å². The van der Waals surface area contributed by atoms with Crippen molar-refractivity contribution >= 4 is 21.6 Å². The molecule has 1 aliphatic carbocycles. The van der Waals surface area contributed by atoms with Crippen LogP contribution in [0.5, 0.6) is 5.75 Å². The molecule has 0 aromatic heterocycles. The molecule has 10 heteroatoms. The number of anilines is 1. The predicted molar refractivity (Wildman–Crippen MR) is 110 cm³/mol. The number of methoxy groups -OCH3 is 1. The summed E-state index contributed by atoms with van der Waals surface area (Å²) in [6.45, 7) is 0. The summed E-state index contributed by atoms with van der Waals surface area (Å²) in [5.74, 6) is -0.671. The number of benzene rings is 2. The van der Waals surface area contributed by atoms with Crippen molar-refractivity contribution in [3.8, 4) is 5.75 Å². The third-order valence-electron chi connectivity index (χ3n) is 5.09. The fourth-order valence-electron chi connectivity index (χ4n) is 3.51. The summed E-state index contributed by atoms with van der Waals surface area (Å²) in [7, 11) is -2.64. The number of hydrogen-bond donors (Lipinski definition) is 2. The second kappa shape index (κ2) is 9.27. The highest BCUT2D eigenvalue weighted by Gasteiger charge is 2.31. The maximum Gasteiger partial charge on any atom is 0.416 e. The number of nitrogens with one attached hydrogen (secondary N) is 2. The monoisotopic (exact) mass is 456 g/mol. The quantitative estimate of drug-likeness (QED) is 0.667. The Morgan fingerprint density at radius 1 is 1.06 bits per heavy atom. The first-order valence-corrected chi connectivity index (χ1v) is 11.3. The standard InChI is InChI=1S/C21H23F3N2O4S/c1-30-18-11-10-14(12-19(18)31(28,29)26-16-7-3-2-4-8-16)20(27)25-17-9-5-6-15(13-17)21(22,23)24/h5-6,9-13,16,26H,2-4,7-8H2,1H3,(H,25,27). The van der Waals surface area contributed by atoms with E-state index in [2.05, 4.69) is 10.0 Å². The third-order valence-corrected chi connectivity index (χ3v) is 6.63. The Morgan fingerprint density at radius 2 is 1.77 bits per heavy atom. The fraction of sp³-hybridized carbons (Fsp3) is 0.381. The van der Waals surface area contributed by atoms with E-state index in [1.54, 1.807) is 0 Å². The van der Waals surface area contributed by atoms with Gasteiger partial charge in [-0.1, -0.05) is 25.3 Å². The second-order valence-electron chi connectivity index (χ2n) is 7.35. The van der Waals surface area contributed by atoms with E-state index in [4.69, 9.17) is 4.74 Å². The Bertz CT molecular complexity index is 1050. The number of amides is 1. The molecule has 0 atom stereocenters. The van der Waals surface area contributed by atoms with E-state index in [-0.39, 0.29) is 27.9 Å². The van der Waals surface area contributed by atoms with E-state index in [0.29, 0.717) is 0 Å². The van der Waals surface area contributed by atoms with E-state index in [1.165, 1.54) is 31.4 Å². The number of alkyl halides is 3. The minimum Gasteiger partial charge on any atom is -0.495 e. The van der Waals surface area contributed by atoms with E-state index in [0.717, 1.165) is 50.3 Å². The molecule has 0 aliphatic heterocycles. The molecule has 0 spiro atoms. The minimum atomic E-state index is -4.55. The zero-order valence-corrected chi connectivity index (χ0v) is 17.6. The molecule has 0 unspecified atom stereocenters. The molecule has 2 N–H and O–H groups in total. The second-order valence-corrected chi connectivity index (χ2v) is 9.04. The Morgan fingerprint density at radius 3 is 2.42 bits per heavy atom. The van der Waals surface area contributed by atoms with Crippen LogP contribution in [0.4, 0.5) is 18.9 Å². The van der Waals surface area contributed by atoms with Crippen molar-refractivity contribution in [2.75, 3.05) is 12.4 Å². The zero-order chi connectivity index (χ0) is 22.6. The van der Waals surface area contributed by atoms with Crippen molar-refractivity contribution in [1.82, 2.24) is 4.72 Å². The highest BCUT2D eigenvalue weighted by molar-refractivity contribution is 7.89.